The van der Waals surface area contributed by atoms with Crippen LogP contribution in [0.5, 0.6) is 0 Å². The largest absolute Gasteiger partial charge is 0.324 e. The first-order chi connectivity index (χ1) is 6.07. The summed E-state index contributed by atoms with van der Waals surface area (Å²) in [5.74, 6) is 2.30. The molecule has 1 aromatic heterocycles. The summed E-state index contributed by atoms with van der Waals surface area (Å²) in [5.41, 5.74) is 5.58. The van der Waals surface area contributed by atoms with Crippen molar-refractivity contribution in [3.63, 3.8) is 0 Å². The molecule has 0 aromatic carbocycles. The van der Waals surface area contributed by atoms with Gasteiger partial charge in [-0.1, -0.05) is 13.8 Å². The van der Waals surface area contributed by atoms with Crippen LogP contribution in [0.15, 0.2) is 0 Å². The van der Waals surface area contributed by atoms with Crippen LogP contribution in [0.3, 0.4) is 0 Å². The minimum absolute atomic E-state index is 0.381. The highest BCUT2D eigenvalue weighted by Gasteiger charge is 2.15. The standard InChI is InChI=1S/C9H18N4/c1-6(2)9-12-11-8(5-10)13(9)7(3)4/h6-7H,5,10H2,1-4H3. The number of hydrogen-bond acceptors (Lipinski definition) is 3. The van der Waals surface area contributed by atoms with Crippen LogP contribution < -0.4 is 5.73 Å². The summed E-state index contributed by atoms with van der Waals surface area (Å²) in [7, 11) is 0. The Kier molecular flexibility index (Phi) is 3.03. The van der Waals surface area contributed by atoms with Crippen molar-refractivity contribution in [1.82, 2.24) is 14.8 Å². The van der Waals surface area contributed by atoms with E-state index in [1.54, 1.807) is 0 Å². The normalized spacial score (nSPS) is 11.6. The third-order valence-corrected chi connectivity index (χ3v) is 2.01. The molecule has 0 unspecified atom stereocenters. The van der Waals surface area contributed by atoms with Gasteiger partial charge >= 0.3 is 0 Å². The average molecular weight is 182 g/mol. The lowest BCUT2D eigenvalue weighted by Gasteiger charge is -2.14. The maximum Gasteiger partial charge on any atom is 0.147 e. The summed E-state index contributed by atoms with van der Waals surface area (Å²) in [4.78, 5) is 0. The molecule has 0 saturated heterocycles. The van der Waals surface area contributed by atoms with E-state index < -0.39 is 0 Å². The second-order valence-electron chi connectivity index (χ2n) is 3.80. The van der Waals surface area contributed by atoms with E-state index in [0.717, 1.165) is 11.6 Å². The number of nitrogens with two attached hydrogens (primary N) is 1. The van der Waals surface area contributed by atoms with Crippen LogP contribution in [0.2, 0.25) is 0 Å². The first-order valence-electron chi connectivity index (χ1n) is 4.71. The molecule has 4 heteroatoms. The third-order valence-electron chi connectivity index (χ3n) is 2.01. The van der Waals surface area contributed by atoms with Crippen molar-refractivity contribution in [2.75, 3.05) is 0 Å². The molecule has 0 saturated carbocycles. The van der Waals surface area contributed by atoms with Crippen molar-refractivity contribution in [3.05, 3.63) is 11.6 Å². The Balaban J connectivity index is 3.14. The fraction of sp³-hybridized carbons (Fsp3) is 0.778. The lowest BCUT2D eigenvalue weighted by molar-refractivity contribution is 0.528. The first-order valence-corrected chi connectivity index (χ1v) is 4.71. The maximum atomic E-state index is 5.58. The van der Waals surface area contributed by atoms with Gasteiger partial charge in [-0.15, -0.1) is 10.2 Å². The Hall–Kier alpha value is -0.900. The van der Waals surface area contributed by atoms with Gasteiger partial charge < -0.3 is 10.3 Å². The van der Waals surface area contributed by atoms with Gasteiger partial charge in [-0.2, -0.15) is 0 Å². The van der Waals surface area contributed by atoms with E-state index in [0.29, 0.717) is 18.5 Å². The van der Waals surface area contributed by atoms with Crippen molar-refractivity contribution < 1.29 is 0 Å². The van der Waals surface area contributed by atoms with Crippen LogP contribution in [0.1, 0.15) is 51.3 Å². The molecule has 0 amide bonds. The zero-order chi connectivity index (χ0) is 10.0. The molecular weight excluding hydrogens is 164 g/mol. The Bertz CT molecular complexity index is 275. The number of hydrogen-bond donors (Lipinski definition) is 1. The van der Waals surface area contributed by atoms with Gasteiger partial charge in [0.1, 0.15) is 11.6 Å². The molecule has 0 spiro atoms. The monoisotopic (exact) mass is 182 g/mol. The van der Waals surface area contributed by atoms with Gasteiger partial charge in [0.05, 0.1) is 6.54 Å². The molecular formula is C9H18N4. The van der Waals surface area contributed by atoms with Crippen molar-refractivity contribution in [1.29, 1.82) is 0 Å². The molecule has 0 bridgehead atoms. The van der Waals surface area contributed by atoms with E-state index in [-0.39, 0.29) is 0 Å². The van der Waals surface area contributed by atoms with Gasteiger partial charge in [0.25, 0.3) is 0 Å². The summed E-state index contributed by atoms with van der Waals surface area (Å²) in [6, 6.07) is 0.381. The van der Waals surface area contributed by atoms with Gasteiger partial charge in [-0.25, -0.2) is 0 Å². The molecule has 74 valence electrons. The predicted molar refractivity (Wildman–Crippen MR) is 52.4 cm³/mol. The van der Waals surface area contributed by atoms with Gasteiger partial charge in [-0.3, -0.25) is 0 Å². The Labute approximate surface area is 79.2 Å². The maximum absolute atomic E-state index is 5.58. The van der Waals surface area contributed by atoms with Crippen molar-refractivity contribution in [2.45, 2.75) is 46.2 Å². The number of aromatic nitrogens is 3. The molecule has 0 radical (unpaired) electrons. The van der Waals surface area contributed by atoms with E-state index in [9.17, 15) is 0 Å². The van der Waals surface area contributed by atoms with Gasteiger partial charge in [0.2, 0.25) is 0 Å². The second-order valence-corrected chi connectivity index (χ2v) is 3.80. The van der Waals surface area contributed by atoms with E-state index in [1.807, 2.05) is 0 Å². The van der Waals surface area contributed by atoms with Crippen molar-refractivity contribution in [3.8, 4) is 0 Å². The SMILES string of the molecule is CC(C)c1nnc(CN)n1C(C)C. The predicted octanol–water partition coefficient (Wildman–Crippen LogP) is 1.44. The highest BCUT2D eigenvalue weighted by molar-refractivity contribution is 5.01. The topological polar surface area (TPSA) is 56.7 Å². The molecule has 0 atom stereocenters. The van der Waals surface area contributed by atoms with Gasteiger partial charge in [0.15, 0.2) is 0 Å². The van der Waals surface area contributed by atoms with E-state index in [4.69, 9.17) is 5.73 Å². The quantitative estimate of drug-likeness (QED) is 0.769. The lowest BCUT2D eigenvalue weighted by atomic mass is 10.2. The molecule has 0 aliphatic carbocycles. The third kappa shape index (κ3) is 1.88. The van der Waals surface area contributed by atoms with Crippen LogP contribution in [0, 0.1) is 0 Å². The number of rotatable bonds is 3. The highest BCUT2D eigenvalue weighted by Crippen LogP contribution is 2.18. The Morgan fingerprint density at radius 3 is 2.23 bits per heavy atom. The van der Waals surface area contributed by atoms with Gasteiger partial charge in [0, 0.05) is 12.0 Å². The first kappa shape index (κ1) is 10.2. The summed E-state index contributed by atoms with van der Waals surface area (Å²) >= 11 is 0. The average Bonchev–Trinajstić information content (AvgIpc) is 2.46. The smallest absolute Gasteiger partial charge is 0.147 e. The minimum Gasteiger partial charge on any atom is -0.324 e. The molecule has 0 fully saturated rings. The zero-order valence-electron chi connectivity index (χ0n) is 8.78. The fourth-order valence-corrected chi connectivity index (χ4v) is 1.43. The molecule has 13 heavy (non-hydrogen) atoms. The molecule has 1 aromatic rings. The fourth-order valence-electron chi connectivity index (χ4n) is 1.43. The summed E-state index contributed by atoms with van der Waals surface area (Å²) in [5, 5.41) is 8.21. The number of nitrogens with zero attached hydrogens (tertiary/aromatic N) is 3. The minimum atomic E-state index is 0.381. The van der Waals surface area contributed by atoms with E-state index in [1.165, 1.54) is 0 Å². The second kappa shape index (κ2) is 3.87. The molecule has 1 heterocycles. The van der Waals surface area contributed by atoms with Crippen LogP contribution in [0.25, 0.3) is 0 Å². The zero-order valence-corrected chi connectivity index (χ0v) is 8.78. The van der Waals surface area contributed by atoms with Crippen LogP contribution in [-0.4, -0.2) is 14.8 Å². The Morgan fingerprint density at radius 1 is 1.23 bits per heavy atom. The Morgan fingerprint density at radius 2 is 1.85 bits per heavy atom. The highest BCUT2D eigenvalue weighted by atomic mass is 15.3. The molecule has 2 N–H and O–H groups in total. The molecule has 1 rings (SSSR count). The van der Waals surface area contributed by atoms with Crippen molar-refractivity contribution >= 4 is 0 Å². The van der Waals surface area contributed by atoms with E-state index >= 15 is 0 Å². The molecule has 0 aliphatic rings. The summed E-state index contributed by atoms with van der Waals surface area (Å²) in [6.07, 6.45) is 0. The van der Waals surface area contributed by atoms with Crippen LogP contribution in [0.4, 0.5) is 0 Å². The molecule has 4 nitrogen and oxygen atoms in total. The van der Waals surface area contributed by atoms with Crippen molar-refractivity contribution in [2.24, 2.45) is 5.73 Å². The van der Waals surface area contributed by atoms with Gasteiger partial charge in [-0.05, 0) is 13.8 Å². The van der Waals surface area contributed by atoms with E-state index in [2.05, 4.69) is 42.5 Å². The summed E-state index contributed by atoms with van der Waals surface area (Å²) < 4.78 is 2.12. The lowest BCUT2D eigenvalue weighted by Crippen LogP contribution is -2.13. The molecule has 0 aliphatic heterocycles. The van der Waals surface area contributed by atoms with Crippen LogP contribution >= 0.6 is 0 Å². The van der Waals surface area contributed by atoms with Crippen LogP contribution in [-0.2, 0) is 6.54 Å². The summed E-state index contributed by atoms with van der Waals surface area (Å²) in [6.45, 7) is 8.92.